The van der Waals surface area contributed by atoms with Gasteiger partial charge in [0.15, 0.2) is 11.6 Å². The maximum Gasteiger partial charge on any atom is 0.205 e. The van der Waals surface area contributed by atoms with Crippen LogP contribution < -0.4 is 0 Å². The number of carbonyl (C=O) groups excluding carboxylic acids is 3. The van der Waals surface area contributed by atoms with Crippen molar-refractivity contribution in [3.05, 3.63) is 24.0 Å². The first-order chi connectivity index (χ1) is 8.52. The molecule has 0 atom stereocenters. The third-order valence-electron chi connectivity index (χ3n) is 1.94. The first kappa shape index (κ1) is 18.6. The largest absolute Gasteiger partial charge is 0.348 e. The Balaban J connectivity index is 0. The molecule has 1 heterocycles. The highest BCUT2D eigenvalue weighted by atomic mass is 16.2. The van der Waals surface area contributed by atoms with Crippen molar-refractivity contribution in [2.24, 2.45) is 7.05 Å². The van der Waals surface area contributed by atoms with Crippen LogP contribution in [0.1, 0.15) is 51.5 Å². The van der Waals surface area contributed by atoms with E-state index in [1.807, 2.05) is 27.7 Å². The second-order valence-electron chi connectivity index (χ2n) is 3.08. The molecule has 0 spiro atoms. The molecule has 0 radical (unpaired) electrons. The summed E-state index contributed by atoms with van der Waals surface area (Å²) in [7, 11) is 1.71. The van der Waals surface area contributed by atoms with E-state index in [9.17, 15) is 14.4 Å². The summed E-state index contributed by atoms with van der Waals surface area (Å²) in [5.41, 5.74) is 0.444. The van der Waals surface area contributed by atoms with E-state index >= 15 is 0 Å². The number of aryl methyl sites for hydroxylation is 1. The van der Waals surface area contributed by atoms with Gasteiger partial charge >= 0.3 is 0 Å². The number of nitrogens with zero attached hydrogens (tertiary/aromatic N) is 1. The average molecular weight is 253 g/mol. The molecule has 0 aliphatic carbocycles. The second kappa shape index (κ2) is 10.4. The molecule has 0 amide bonds. The van der Waals surface area contributed by atoms with Gasteiger partial charge in [0.1, 0.15) is 0 Å². The highest BCUT2D eigenvalue weighted by Gasteiger charge is 2.16. The van der Waals surface area contributed by atoms with Crippen LogP contribution in [0, 0.1) is 0 Å². The Kier molecular flexibility index (Phi) is 10.8. The maximum absolute atomic E-state index is 11.4. The molecule has 0 aliphatic heterocycles. The standard InChI is InChI=1S/C10H11NO3.2C2H6/c1-7(12)9(13)6-10(14)8-4-3-5-11(8)2;2*1-2/h3-5H,6H2,1-2H3;2*1-2H3. The highest BCUT2D eigenvalue weighted by Crippen LogP contribution is 2.04. The molecular formula is C14H23NO3. The molecule has 1 aromatic rings. The van der Waals surface area contributed by atoms with E-state index < -0.39 is 11.6 Å². The van der Waals surface area contributed by atoms with Crippen molar-refractivity contribution in [1.82, 2.24) is 4.57 Å². The highest BCUT2D eigenvalue weighted by molar-refractivity contribution is 6.40. The van der Waals surface area contributed by atoms with Gasteiger partial charge in [-0.05, 0) is 12.1 Å². The minimum atomic E-state index is -0.642. The molecule has 102 valence electrons. The Morgan fingerprint density at radius 1 is 1.11 bits per heavy atom. The van der Waals surface area contributed by atoms with Crippen molar-refractivity contribution in [1.29, 1.82) is 0 Å². The summed E-state index contributed by atoms with van der Waals surface area (Å²) in [5, 5.41) is 0. The topological polar surface area (TPSA) is 56.1 Å². The third kappa shape index (κ3) is 6.13. The van der Waals surface area contributed by atoms with E-state index in [1.54, 1.807) is 29.9 Å². The number of rotatable bonds is 4. The molecule has 0 aliphatic rings. The van der Waals surface area contributed by atoms with Crippen LogP contribution in [0.25, 0.3) is 0 Å². The summed E-state index contributed by atoms with van der Waals surface area (Å²) in [4.78, 5) is 33.1. The van der Waals surface area contributed by atoms with Crippen LogP contribution in [-0.4, -0.2) is 21.9 Å². The van der Waals surface area contributed by atoms with Crippen LogP contribution in [0.3, 0.4) is 0 Å². The minimum absolute atomic E-state index is 0.322. The molecule has 0 saturated heterocycles. The fraction of sp³-hybridized carbons (Fsp3) is 0.500. The zero-order chi connectivity index (χ0) is 14.7. The summed E-state index contributed by atoms with van der Waals surface area (Å²) in [6.45, 7) is 9.17. The number of hydrogen-bond acceptors (Lipinski definition) is 3. The number of ketones is 3. The van der Waals surface area contributed by atoms with Crippen LogP contribution in [0.4, 0.5) is 0 Å². The van der Waals surface area contributed by atoms with E-state index in [2.05, 4.69) is 0 Å². The van der Waals surface area contributed by atoms with Gasteiger partial charge in [-0.15, -0.1) is 0 Å². The van der Waals surface area contributed by atoms with Crippen molar-refractivity contribution in [2.45, 2.75) is 41.0 Å². The number of hydrogen-bond donors (Lipinski definition) is 0. The monoisotopic (exact) mass is 253 g/mol. The van der Waals surface area contributed by atoms with Crippen molar-refractivity contribution >= 4 is 17.3 Å². The van der Waals surface area contributed by atoms with E-state index in [0.29, 0.717) is 5.69 Å². The zero-order valence-electron chi connectivity index (χ0n) is 12.1. The van der Waals surface area contributed by atoms with Gasteiger partial charge in [0, 0.05) is 20.2 Å². The molecule has 0 saturated carbocycles. The lowest BCUT2D eigenvalue weighted by Gasteiger charge is -2.00. The lowest BCUT2D eigenvalue weighted by Crippen LogP contribution is -2.16. The van der Waals surface area contributed by atoms with Crippen molar-refractivity contribution in [3.8, 4) is 0 Å². The summed E-state index contributed by atoms with van der Waals surface area (Å²) < 4.78 is 1.62. The molecule has 18 heavy (non-hydrogen) atoms. The van der Waals surface area contributed by atoms with Gasteiger partial charge in [-0.1, -0.05) is 27.7 Å². The first-order valence-electron chi connectivity index (χ1n) is 6.20. The Morgan fingerprint density at radius 2 is 1.61 bits per heavy atom. The summed E-state index contributed by atoms with van der Waals surface area (Å²) in [6.07, 6.45) is 1.37. The fourth-order valence-electron chi connectivity index (χ4n) is 1.11. The number of Topliss-reactive ketones (excluding diaryl/α,β-unsaturated/α-hetero) is 3. The molecule has 4 heteroatoms. The smallest absolute Gasteiger partial charge is 0.205 e. The van der Waals surface area contributed by atoms with Gasteiger partial charge in [0.05, 0.1) is 12.1 Å². The van der Waals surface area contributed by atoms with Crippen LogP contribution in [0.2, 0.25) is 0 Å². The van der Waals surface area contributed by atoms with Crippen molar-refractivity contribution in [3.63, 3.8) is 0 Å². The second-order valence-corrected chi connectivity index (χ2v) is 3.08. The average Bonchev–Trinajstić information content (AvgIpc) is 2.80. The van der Waals surface area contributed by atoms with Crippen molar-refractivity contribution in [2.75, 3.05) is 0 Å². The Hall–Kier alpha value is -1.71. The Bertz CT molecular complexity index is 391. The van der Waals surface area contributed by atoms with Crippen LogP contribution in [0.5, 0.6) is 0 Å². The maximum atomic E-state index is 11.4. The lowest BCUT2D eigenvalue weighted by molar-refractivity contribution is -0.134. The van der Waals surface area contributed by atoms with Gasteiger partial charge in [-0.3, -0.25) is 14.4 Å². The normalized spacial score (nSPS) is 8.33. The Morgan fingerprint density at radius 3 is 1.94 bits per heavy atom. The van der Waals surface area contributed by atoms with Gasteiger partial charge in [-0.2, -0.15) is 0 Å². The van der Waals surface area contributed by atoms with Crippen LogP contribution in [0.15, 0.2) is 18.3 Å². The predicted molar refractivity (Wildman–Crippen MR) is 72.7 cm³/mol. The van der Waals surface area contributed by atoms with Crippen LogP contribution in [-0.2, 0) is 16.6 Å². The molecule has 0 unspecified atom stereocenters. The van der Waals surface area contributed by atoms with Crippen molar-refractivity contribution < 1.29 is 14.4 Å². The minimum Gasteiger partial charge on any atom is -0.348 e. The van der Waals surface area contributed by atoms with Gasteiger partial charge < -0.3 is 4.57 Å². The summed E-state index contributed by atoms with van der Waals surface area (Å²) >= 11 is 0. The van der Waals surface area contributed by atoms with E-state index in [0.717, 1.165) is 0 Å². The first-order valence-corrected chi connectivity index (χ1v) is 6.20. The summed E-state index contributed by atoms with van der Waals surface area (Å²) in [5.74, 6) is -1.54. The quantitative estimate of drug-likeness (QED) is 0.471. The molecule has 0 aromatic carbocycles. The molecule has 0 N–H and O–H groups in total. The van der Waals surface area contributed by atoms with Crippen LogP contribution >= 0.6 is 0 Å². The summed E-state index contributed by atoms with van der Waals surface area (Å²) in [6, 6.07) is 3.33. The lowest BCUT2D eigenvalue weighted by atomic mass is 10.1. The van der Waals surface area contributed by atoms with E-state index in [1.165, 1.54) is 6.92 Å². The molecule has 0 fully saturated rings. The number of aromatic nitrogens is 1. The SMILES string of the molecule is CC.CC.CC(=O)C(=O)CC(=O)c1cccn1C. The van der Waals surface area contributed by atoms with E-state index in [-0.39, 0.29) is 12.2 Å². The van der Waals surface area contributed by atoms with E-state index in [4.69, 9.17) is 0 Å². The third-order valence-corrected chi connectivity index (χ3v) is 1.94. The molecule has 1 rings (SSSR count). The molecular weight excluding hydrogens is 230 g/mol. The fourth-order valence-corrected chi connectivity index (χ4v) is 1.11. The Labute approximate surface area is 109 Å². The molecule has 4 nitrogen and oxygen atoms in total. The predicted octanol–water partition coefficient (Wildman–Crippen LogP) is 2.81. The number of carbonyl (C=O) groups is 3. The van der Waals surface area contributed by atoms with Gasteiger partial charge in [0.25, 0.3) is 0 Å². The van der Waals surface area contributed by atoms with Gasteiger partial charge in [-0.25, -0.2) is 0 Å². The molecule has 0 bridgehead atoms. The molecule has 1 aromatic heterocycles. The zero-order valence-corrected chi connectivity index (χ0v) is 12.1. The van der Waals surface area contributed by atoms with Gasteiger partial charge in [0.2, 0.25) is 5.78 Å².